The molecule has 0 aliphatic carbocycles. The minimum Gasteiger partial charge on any atom is -0.211 e. The molecular formula is C12H17BrFNO2S. The van der Waals surface area contributed by atoms with Gasteiger partial charge >= 0.3 is 0 Å². The first kappa shape index (κ1) is 15.6. The van der Waals surface area contributed by atoms with E-state index in [1.165, 1.54) is 12.1 Å². The Morgan fingerprint density at radius 2 is 2.06 bits per heavy atom. The Labute approximate surface area is 116 Å². The van der Waals surface area contributed by atoms with Crippen LogP contribution in [0, 0.1) is 11.7 Å². The van der Waals surface area contributed by atoms with Crippen LogP contribution >= 0.6 is 15.9 Å². The second-order valence-corrected chi connectivity index (χ2v) is 7.13. The quantitative estimate of drug-likeness (QED) is 0.809. The van der Waals surface area contributed by atoms with Crippen molar-refractivity contribution in [1.29, 1.82) is 0 Å². The fraction of sp³-hybridized carbons (Fsp3) is 0.500. The van der Waals surface area contributed by atoms with E-state index in [9.17, 15) is 12.8 Å². The normalized spacial score (nSPS) is 12.1. The van der Waals surface area contributed by atoms with Crippen molar-refractivity contribution in [2.45, 2.75) is 31.6 Å². The van der Waals surface area contributed by atoms with E-state index in [4.69, 9.17) is 0 Å². The van der Waals surface area contributed by atoms with Crippen LogP contribution in [0.25, 0.3) is 0 Å². The van der Waals surface area contributed by atoms with E-state index in [-0.39, 0.29) is 9.37 Å². The number of hydrogen-bond acceptors (Lipinski definition) is 2. The highest BCUT2D eigenvalue weighted by molar-refractivity contribution is 9.10. The van der Waals surface area contributed by atoms with Gasteiger partial charge in [-0.2, -0.15) is 0 Å². The van der Waals surface area contributed by atoms with E-state index in [0.717, 1.165) is 18.9 Å². The average Bonchev–Trinajstić information content (AvgIpc) is 2.28. The lowest BCUT2D eigenvalue weighted by Gasteiger charge is -2.08. The molecule has 18 heavy (non-hydrogen) atoms. The molecule has 0 aliphatic rings. The van der Waals surface area contributed by atoms with E-state index in [0.29, 0.717) is 12.5 Å². The number of halogens is 2. The molecule has 0 radical (unpaired) electrons. The fourth-order valence-corrected chi connectivity index (χ4v) is 2.78. The number of sulfonamides is 1. The van der Waals surface area contributed by atoms with Gasteiger partial charge in [-0.3, -0.25) is 0 Å². The Kier molecular flexibility index (Phi) is 5.75. The van der Waals surface area contributed by atoms with Gasteiger partial charge in [-0.25, -0.2) is 17.5 Å². The second-order valence-electron chi connectivity index (χ2n) is 4.51. The van der Waals surface area contributed by atoms with Crippen molar-refractivity contribution >= 4 is 26.0 Å². The minimum absolute atomic E-state index is 0.0484. The van der Waals surface area contributed by atoms with Crippen molar-refractivity contribution in [3.63, 3.8) is 0 Å². The summed E-state index contributed by atoms with van der Waals surface area (Å²) in [5, 5.41) is 0. The second kappa shape index (κ2) is 6.63. The monoisotopic (exact) mass is 337 g/mol. The lowest BCUT2D eigenvalue weighted by Crippen LogP contribution is -2.25. The van der Waals surface area contributed by atoms with Crippen LogP contribution in [-0.2, 0) is 10.0 Å². The molecule has 1 rings (SSSR count). The zero-order valence-corrected chi connectivity index (χ0v) is 12.8. The van der Waals surface area contributed by atoms with E-state index in [2.05, 4.69) is 34.5 Å². The zero-order valence-electron chi connectivity index (χ0n) is 10.4. The van der Waals surface area contributed by atoms with Gasteiger partial charge in [-0.05, 0) is 52.9 Å². The predicted octanol–water partition coefficient (Wildman–Crippen LogP) is 3.30. The third kappa shape index (κ3) is 4.66. The van der Waals surface area contributed by atoms with Crippen LogP contribution in [0.2, 0.25) is 0 Å². The summed E-state index contributed by atoms with van der Waals surface area (Å²) in [6.45, 7) is 4.54. The van der Waals surface area contributed by atoms with E-state index in [1.807, 2.05) is 0 Å². The minimum atomic E-state index is -3.61. The summed E-state index contributed by atoms with van der Waals surface area (Å²) < 4.78 is 39.7. The maximum absolute atomic E-state index is 13.3. The van der Waals surface area contributed by atoms with Gasteiger partial charge in [0.1, 0.15) is 5.82 Å². The summed E-state index contributed by atoms with van der Waals surface area (Å²) in [6, 6.07) is 3.77. The van der Waals surface area contributed by atoms with Gasteiger partial charge in [0.2, 0.25) is 10.0 Å². The van der Waals surface area contributed by atoms with Gasteiger partial charge in [-0.1, -0.05) is 13.8 Å². The Morgan fingerprint density at radius 3 is 2.61 bits per heavy atom. The molecule has 0 fully saturated rings. The van der Waals surface area contributed by atoms with Crippen molar-refractivity contribution < 1.29 is 12.8 Å². The molecule has 0 bridgehead atoms. The van der Waals surface area contributed by atoms with Crippen molar-refractivity contribution in [3.8, 4) is 0 Å². The Hall–Kier alpha value is -0.460. The summed E-state index contributed by atoms with van der Waals surface area (Å²) in [4.78, 5) is -0.0484. The first-order valence-corrected chi connectivity index (χ1v) is 8.05. The highest BCUT2D eigenvalue weighted by Crippen LogP contribution is 2.19. The van der Waals surface area contributed by atoms with Gasteiger partial charge in [0.15, 0.2) is 0 Å². The molecule has 0 aliphatic heterocycles. The summed E-state index contributed by atoms with van der Waals surface area (Å²) in [6.07, 6.45) is 1.73. The summed E-state index contributed by atoms with van der Waals surface area (Å²) in [5.41, 5.74) is 0. The van der Waals surface area contributed by atoms with Crippen molar-refractivity contribution in [1.82, 2.24) is 4.72 Å². The molecule has 0 amide bonds. The van der Waals surface area contributed by atoms with Crippen molar-refractivity contribution in [2.75, 3.05) is 6.54 Å². The van der Waals surface area contributed by atoms with E-state index in [1.54, 1.807) is 0 Å². The lowest BCUT2D eigenvalue weighted by atomic mass is 10.1. The van der Waals surface area contributed by atoms with Crippen LogP contribution in [0.5, 0.6) is 0 Å². The van der Waals surface area contributed by atoms with Crippen LogP contribution in [0.1, 0.15) is 26.7 Å². The molecule has 0 heterocycles. The Bertz CT molecular complexity index is 503. The third-order valence-corrected chi connectivity index (χ3v) is 4.55. The number of rotatable bonds is 6. The molecule has 0 unspecified atom stereocenters. The maximum atomic E-state index is 13.3. The lowest BCUT2D eigenvalue weighted by molar-refractivity contribution is 0.539. The topological polar surface area (TPSA) is 46.2 Å². The number of benzene rings is 1. The van der Waals surface area contributed by atoms with Gasteiger partial charge in [-0.15, -0.1) is 0 Å². The molecule has 1 aromatic rings. The van der Waals surface area contributed by atoms with Crippen LogP contribution in [0.3, 0.4) is 0 Å². The molecule has 0 spiro atoms. The van der Waals surface area contributed by atoms with Crippen LogP contribution in [0.15, 0.2) is 27.6 Å². The van der Waals surface area contributed by atoms with Gasteiger partial charge < -0.3 is 0 Å². The summed E-state index contributed by atoms with van der Waals surface area (Å²) in [7, 11) is -3.61. The molecule has 3 nitrogen and oxygen atoms in total. The molecule has 1 aromatic carbocycles. The summed E-state index contributed by atoms with van der Waals surface area (Å²) >= 11 is 2.99. The fourth-order valence-electron chi connectivity index (χ4n) is 1.44. The average molecular weight is 338 g/mol. The first-order valence-electron chi connectivity index (χ1n) is 5.77. The standard InChI is InChI=1S/C12H17BrFNO2S/c1-9(2)4-3-7-15-18(16,17)10-5-6-11(13)12(14)8-10/h5-6,8-9,15H,3-4,7H2,1-2H3. The maximum Gasteiger partial charge on any atom is 0.240 e. The SMILES string of the molecule is CC(C)CCCNS(=O)(=O)c1ccc(Br)c(F)c1. The molecule has 0 aromatic heterocycles. The van der Waals surface area contributed by atoms with Crippen LogP contribution in [-0.4, -0.2) is 15.0 Å². The van der Waals surface area contributed by atoms with Crippen molar-refractivity contribution in [3.05, 3.63) is 28.5 Å². The highest BCUT2D eigenvalue weighted by atomic mass is 79.9. The third-order valence-electron chi connectivity index (χ3n) is 2.45. The van der Waals surface area contributed by atoms with Gasteiger partial charge in [0.25, 0.3) is 0 Å². The van der Waals surface area contributed by atoms with Crippen molar-refractivity contribution in [2.24, 2.45) is 5.92 Å². The van der Waals surface area contributed by atoms with Crippen LogP contribution in [0.4, 0.5) is 4.39 Å². The largest absolute Gasteiger partial charge is 0.240 e. The van der Waals surface area contributed by atoms with E-state index >= 15 is 0 Å². The highest BCUT2D eigenvalue weighted by Gasteiger charge is 2.15. The van der Waals surface area contributed by atoms with Gasteiger partial charge in [0.05, 0.1) is 9.37 Å². The zero-order chi connectivity index (χ0) is 13.8. The molecule has 0 saturated heterocycles. The molecular weight excluding hydrogens is 321 g/mol. The molecule has 0 saturated carbocycles. The summed E-state index contributed by atoms with van der Waals surface area (Å²) in [5.74, 6) is -0.0420. The number of nitrogens with one attached hydrogen (secondary N) is 1. The number of hydrogen-bond donors (Lipinski definition) is 1. The Morgan fingerprint density at radius 1 is 1.39 bits per heavy atom. The molecule has 0 atom stereocenters. The molecule has 102 valence electrons. The smallest absolute Gasteiger partial charge is 0.211 e. The van der Waals surface area contributed by atoms with E-state index < -0.39 is 15.8 Å². The molecule has 1 N–H and O–H groups in total. The predicted molar refractivity (Wildman–Crippen MR) is 73.4 cm³/mol. The molecule has 6 heteroatoms. The first-order chi connectivity index (χ1) is 8.33. The van der Waals surface area contributed by atoms with Gasteiger partial charge in [0, 0.05) is 6.54 Å². The Balaban J connectivity index is 2.66. The van der Waals surface area contributed by atoms with Crippen LogP contribution < -0.4 is 4.72 Å².